The fourth-order valence-corrected chi connectivity index (χ4v) is 1.81. The summed E-state index contributed by atoms with van der Waals surface area (Å²) in [7, 11) is 0. The van der Waals surface area contributed by atoms with E-state index in [-0.39, 0.29) is 24.5 Å². The van der Waals surface area contributed by atoms with Crippen LogP contribution in [0.3, 0.4) is 0 Å². The van der Waals surface area contributed by atoms with E-state index in [0.29, 0.717) is 0 Å². The molecule has 1 heterocycles. The number of aliphatic hydroxyl groups is 1. The van der Waals surface area contributed by atoms with Gasteiger partial charge in [0.2, 0.25) is 11.8 Å². The first kappa shape index (κ1) is 12.9. The molecule has 3 N–H and O–H groups in total. The zero-order valence-corrected chi connectivity index (χ0v) is 9.69. The van der Waals surface area contributed by atoms with Gasteiger partial charge in [0.05, 0.1) is 30.9 Å². The average Bonchev–Trinajstić information content (AvgIpc) is 2.16. The van der Waals surface area contributed by atoms with E-state index < -0.39 is 18.2 Å². The number of amides is 2. The van der Waals surface area contributed by atoms with Crippen LogP contribution in [0.25, 0.3) is 0 Å². The Hall–Kier alpha value is -1.14. The number of hydrogen-bond donors (Lipinski definition) is 3. The lowest BCUT2D eigenvalue weighted by Gasteiger charge is -2.39. The van der Waals surface area contributed by atoms with Gasteiger partial charge in [0.15, 0.2) is 0 Å². The SMILES string of the molecule is CC(=O)N[C@H]1[C@H](O)[C@@H](NC(C)=O)CO[C@@H]1C. The van der Waals surface area contributed by atoms with Crippen molar-refractivity contribution in [3.05, 3.63) is 0 Å². The van der Waals surface area contributed by atoms with Crippen molar-refractivity contribution in [1.82, 2.24) is 10.6 Å². The molecule has 1 saturated heterocycles. The second-order valence-corrected chi connectivity index (χ2v) is 4.06. The molecule has 0 bridgehead atoms. The zero-order chi connectivity index (χ0) is 12.3. The number of rotatable bonds is 2. The molecular weight excluding hydrogens is 212 g/mol. The molecule has 4 atom stereocenters. The van der Waals surface area contributed by atoms with Crippen LogP contribution in [0.5, 0.6) is 0 Å². The molecular formula is C10H18N2O4. The van der Waals surface area contributed by atoms with Crippen LogP contribution in [0.1, 0.15) is 20.8 Å². The van der Waals surface area contributed by atoms with Gasteiger partial charge in [-0.15, -0.1) is 0 Å². The highest BCUT2D eigenvalue weighted by molar-refractivity contribution is 5.74. The minimum absolute atomic E-state index is 0.233. The van der Waals surface area contributed by atoms with Crippen LogP contribution < -0.4 is 10.6 Å². The number of carbonyl (C=O) groups is 2. The van der Waals surface area contributed by atoms with E-state index in [1.165, 1.54) is 13.8 Å². The Labute approximate surface area is 94.3 Å². The second-order valence-electron chi connectivity index (χ2n) is 4.06. The topological polar surface area (TPSA) is 87.7 Å². The van der Waals surface area contributed by atoms with Crippen molar-refractivity contribution in [3.63, 3.8) is 0 Å². The van der Waals surface area contributed by atoms with E-state index in [1.54, 1.807) is 6.92 Å². The summed E-state index contributed by atoms with van der Waals surface area (Å²) in [5.41, 5.74) is 0. The molecule has 92 valence electrons. The molecule has 6 nitrogen and oxygen atoms in total. The number of nitrogens with one attached hydrogen (secondary N) is 2. The summed E-state index contributed by atoms with van der Waals surface area (Å²) in [4.78, 5) is 21.9. The Morgan fingerprint density at radius 3 is 2.31 bits per heavy atom. The van der Waals surface area contributed by atoms with E-state index in [9.17, 15) is 14.7 Å². The molecule has 1 aliphatic rings. The highest BCUT2D eigenvalue weighted by Gasteiger charge is 2.38. The maximum absolute atomic E-state index is 11.0. The summed E-state index contributed by atoms with van der Waals surface area (Å²) in [6.45, 7) is 4.77. The number of ether oxygens (including phenoxy) is 1. The Balaban J connectivity index is 2.66. The van der Waals surface area contributed by atoms with Gasteiger partial charge in [-0.25, -0.2) is 0 Å². The lowest BCUT2D eigenvalue weighted by Crippen LogP contribution is -2.63. The van der Waals surface area contributed by atoms with Crippen molar-refractivity contribution in [3.8, 4) is 0 Å². The van der Waals surface area contributed by atoms with Gasteiger partial charge < -0.3 is 20.5 Å². The van der Waals surface area contributed by atoms with Gasteiger partial charge in [0, 0.05) is 13.8 Å². The lowest BCUT2D eigenvalue weighted by molar-refractivity contribution is -0.131. The van der Waals surface area contributed by atoms with Crippen LogP contribution in [0.2, 0.25) is 0 Å². The van der Waals surface area contributed by atoms with Crippen molar-refractivity contribution < 1.29 is 19.4 Å². The predicted octanol–water partition coefficient (Wildman–Crippen LogP) is -1.22. The molecule has 16 heavy (non-hydrogen) atoms. The molecule has 2 amide bonds. The van der Waals surface area contributed by atoms with Crippen LogP contribution in [-0.4, -0.2) is 47.8 Å². The first-order valence-electron chi connectivity index (χ1n) is 5.25. The van der Waals surface area contributed by atoms with Crippen molar-refractivity contribution in [2.75, 3.05) is 6.61 Å². The van der Waals surface area contributed by atoms with E-state index in [2.05, 4.69) is 10.6 Å². The van der Waals surface area contributed by atoms with E-state index in [0.717, 1.165) is 0 Å². The first-order valence-corrected chi connectivity index (χ1v) is 5.25. The molecule has 6 heteroatoms. The molecule has 0 saturated carbocycles. The fourth-order valence-electron chi connectivity index (χ4n) is 1.81. The van der Waals surface area contributed by atoms with Crippen LogP contribution in [-0.2, 0) is 14.3 Å². The first-order chi connectivity index (χ1) is 7.41. The fraction of sp³-hybridized carbons (Fsp3) is 0.800. The third-order valence-corrected chi connectivity index (χ3v) is 2.58. The van der Waals surface area contributed by atoms with Gasteiger partial charge in [-0.2, -0.15) is 0 Å². The Morgan fingerprint density at radius 2 is 1.81 bits per heavy atom. The van der Waals surface area contributed by atoms with Crippen LogP contribution in [0.4, 0.5) is 0 Å². The summed E-state index contributed by atoms with van der Waals surface area (Å²) < 4.78 is 5.39. The number of carbonyl (C=O) groups excluding carboxylic acids is 2. The third-order valence-electron chi connectivity index (χ3n) is 2.58. The molecule has 0 spiro atoms. The van der Waals surface area contributed by atoms with Crippen molar-refractivity contribution in [1.29, 1.82) is 0 Å². The highest BCUT2D eigenvalue weighted by Crippen LogP contribution is 2.15. The van der Waals surface area contributed by atoms with E-state index in [1.807, 2.05) is 0 Å². The summed E-state index contributed by atoms with van der Waals surface area (Å²) in [6.07, 6.45) is -1.11. The lowest BCUT2D eigenvalue weighted by atomic mass is 9.96. The summed E-state index contributed by atoms with van der Waals surface area (Å²) in [5.74, 6) is -0.466. The normalized spacial score (nSPS) is 34.2. The highest BCUT2D eigenvalue weighted by atomic mass is 16.5. The standard InChI is InChI=1S/C10H18N2O4/c1-5-9(12-7(3)14)10(15)8(4-16-5)11-6(2)13/h5,8-10,15H,4H2,1-3H3,(H,11,13)(H,12,14)/t5-,8+,9-,10-/m1/s1. The molecule has 0 radical (unpaired) electrons. The molecule has 0 aromatic rings. The Kier molecular flexibility index (Phi) is 4.26. The van der Waals surface area contributed by atoms with Crippen molar-refractivity contribution in [2.24, 2.45) is 0 Å². The van der Waals surface area contributed by atoms with Gasteiger partial charge in [-0.1, -0.05) is 0 Å². The quantitative estimate of drug-likeness (QED) is 0.554. The monoisotopic (exact) mass is 230 g/mol. The molecule has 0 aromatic carbocycles. The average molecular weight is 230 g/mol. The minimum atomic E-state index is -0.837. The molecule has 1 aliphatic heterocycles. The molecule has 0 unspecified atom stereocenters. The van der Waals surface area contributed by atoms with Crippen LogP contribution in [0.15, 0.2) is 0 Å². The Morgan fingerprint density at radius 1 is 1.25 bits per heavy atom. The van der Waals surface area contributed by atoms with Crippen LogP contribution in [0, 0.1) is 0 Å². The molecule has 1 fully saturated rings. The zero-order valence-electron chi connectivity index (χ0n) is 9.69. The van der Waals surface area contributed by atoms with Gasteiger partial charge in [0.1, 0.15) is 0 Å². The van der Waals surface area contributed by atoms with E-state index in [4.69, 9.17) is 4.74 Å². The molecule has 0 aliphatic carbocycles. The summed E-state index contributed by atoms with van der Waals surface area (Å²) in [5, 5.41) is 15.2. The summed E-state index contributed by atoms with van der Waals surface area (Å²) >= 11 is 0. The van der Waals surface area contributed by atoms with Crippen LogP contribution >= 0.6 is 0 Å². The van der Waals surface area contributed by atoms with Gasteiger partial charge in [0.25, 0.3) is 0 Å². The second kappa shape index (κ2) is 5.27. The molecule has 0 aromatic heterocycles. The van der Waals surface area contributed by atoms with Crippen molar-refractivity contribution >= 4 is 11.8 Å². The predicted molar refractivity (Wildman–Crippen MR) is 56.6 cm³/mol. The van der Waals surface area contributed by atoms with E-state index >= 15 is 0 Å². The smallest absolute Gasteiger partial charge is 0.217 e. The van der Waals surface area contributed by atoms with Gasteiger partial charge >= 0.3 is 0 Å². The Bertz CT molecular complexity index is 282. The van der Waals surface area contributed by atoms with Gasteiger partial charge in [-0.05, 0) is 6.92 Å². The van der Waals surface area contributed by atoms with Gasteiger partial charge in [-0.3, -0.25) is 9.59 Å². The third kappa shape index (κ3) is 3.18. The number of aliphatic hydroxyl groups excluding tert-OH is 1. The number of hydrogen-bond acceptors (Lipinski definition) is 4. The maximum atomic E-state index is 11.0. The minimum Gasteiger partial charge on any atom is -0.389 e. The van der Waals surface area contributed by atoms with Crippen molar-refractivity contribution in [2.45, 2.75) is 45.1 Å². The maximum Gasteiger partial charge on any atom is 0.217 e. The molecule has 1 rings (SSSR count). The largest absolute Gasteiger partial charge is 0.389 e. The summed E-state index contributed by atoms with van der Waals surface area (Å²) in [6, 6.07) is -0.978.